The monoisotopic (exact) mass is 378 g/mol. The van der Waals surface area contributed by atoms with Gasteiger partial charge in [-0.15, -0.1) is 16.4 Å². The summed E-state index contributed by atoms with van der Waals surface area (Å²) < 4.78 is 6.25. The van der Waals surface area contributed by atoms with Gasteiger partial charge in [0, 0.05) is 18.2 Å². The third kappa shape index (κ3) is 3.20. The predicted molar refractivity (Wildman–Crippen MR) is 105 cm³/mol. The fraction of sp³-hybridized carbons (Fsp3) is 0.250. The largest absolute Gasteiger partial charge is 0.434 e. The summed E-state index contributed by atoms with van der Waals surface area (Å²) in [7, 11) is 0. The van der Waals surface area contributed by atoms with E-state index in [1.165, 1.54) is 28.7 Å². The van der Waals surface area contributed by atoms with Gasteiger partial charge in [-0.25, -0.2) is 14.9 Å². The molecule has 1 fully saturated rings. The van der Waals surface area contributed by atoms with Crippen molar-refractivity contribution in [1.82, 2.24) is 20.1 Å². The molecule has 0 radical (unpaired) electrons. The van der Waals surface area contributed by atoms with E-state index in [0.717, 1.165) is 24.2 Å². The number of rotatable bonds is 4. The summed E-state index contributed by atoms with van der Waals surface area (Å²) in [6.45, 7) is 1.99. The second kappa shape index (κ2) is 6.75. The highest BCUT2D eigenvalue weighted by molar-refractivity contribution is 7.16. The van der Waals surface area contributed by atoms with E-state index >= 15 is 0 Å². The Morgan fingerprint density at radius 3 is 2.93 bits per heavy atom. The average Bonchev–Trinajstić information content (AvgIpc) is 3.42. The van der Waals surface area contributed by atoms with Gasteiger partial charge in [0.25, 0.3) is 0 Å². The first-order valence-electron chi connectivity index (χ1n) is 8.98. The Morgan fingerprint density at radius 2 is 2.11 bits per heavy atom. The summed E-state index contributed by atoms with van der Waals surface area (Å²) in [6, 6.07) is 15.1. The van der Waals surface area contributed by atoms with E-state index in [-0.39, 0.29) is 0 Å². The quantitative estimate of drug-likeness (QED) is 0.581. The van der Waals surface area contributed by atoms with Gasteiger partial charge in [0.1, 0.15) is 0 Å². The van der Waals surface area contributed by atoms with Gasteiger partial charge in [-0.2, -0.15) is 0 Å². The molecular formula is C20H18N4O2S. The van der Waals surface area contributed by atoms with Gasteiger partial charge in [0.15, 0.2) is 0 Å². The first-order valence-corrected chi connectivity index (χ1v) is 9.86. The predicted octanol–water partition coefficient (Wildman–Crippen LogP) is 3.98. The second-order valence-corrected chi connectivity index (χ2v) is 7.71. The van der Waals surface area contributed by atoms with Crippen molar-refractivity contribution in [3.63, 3.8) is 0 Å². The van der Waals surface area contributed by atoms with Crippen LogP contribution in [-0.4, -0.2) is 26.6 Å². The van der Waals surface area contributed by atoms with E-state index in [4.69, 9.17) is 4.42 Å². The zero-order valence-electron chi connectivity index (χ0n) is 14.6. The van der Waals surface area contributed by atoms with Crippen molar-refractivity contribution >= 4 is 21.6 Å². The van der Waals surface area contributed by atoms with Gasteiger partial charge in [0.2, 0.25) is 5.89 Å². The summed E-state index contributed by atoms with van der Waals surface area (Å²) in [4.78, 5) is 18.1. The molecule has 1 atom stereocenters. The molecule has 0 amide bonds. The third-order valence-corrected chi connectivity index (χ3v) is 5.94. The highest BCUT2D eigenvalue weighted by atomic mass is 32.1. The van der Waals surface area contributed by atoms with Gasteiger partial charge < -0.3 is 4.42 Å². The van der Waals surface area contributed by atoms with Crippen LogP contribution in [0.1, 0.15) is 30.0 Å². The topological polar surface area (TPSA) is 75.0 Å². The standard InChI is InChI=1S/C20H18N4O2S/c25-20-23-22-19(26-20)14-5-3-13(4-6-14)11-24-9-1-2-17(24)15-7-8-18-16(10-15)21-12-27-18/h3-8,10,12,17H,1-2,9,11H2,(H,23,25)/t17-/m1/s1. The molecule has 1 aliphatic rings. The molecule has 1 aliphatic heterocycles. The minimum atomic E-state index is -0.536. The number of thiazole rings is 1. The Morgan fingerprint density at radius 1 is 1.22 bits per heavy atom. The van der Waals surface area contributed by atoms with Crippen LogP contribution in [0.3, 0.4) is 0 Å². The molecule has 0 spiro atoms. The van der Waals surface area contributed by atoms with Crippen molar-refractivity contribution < 1.29 is 4.42 Å². The Bertz CT molecular complexity index is 1130. The number of nitrogens with zero attached hydrogens (tertiary/aromatic N) is 3. The maximum absolute atomic E-state index is 11.1. The van der Waals surface area contributed by atoms with Crippen LogP contribution < -0.4 is 5.76 Å². The lowest BCUT2D eigenvalue weighted by atomic mass is 10.0. The number of benzene rings is 2. The van der Waals surface area contributed by atoms with Crippen LogP contribution in [0.15, 0.2) is 57.2 Å². The van der Waals surface area contributed by atoms with Crippen LogP contribution in [-0.2, 0) is 6.54 Å². The first-order chi connectivity index (χ1) is 13.3. The Labute approximate surface area is 159 Å². The zero-order valence-corrected chi connectivity index (χ0v) is 15.4. The average molecular weight is 378 g/mol. The van der Waals surface area contributed by atoms with Crippen molar-refractivity contribution in [1.29, 1.82) is 0 Å². The summed E-state index contributed by atoms with van der Waals surface area (Å²) >= 11 is 1.68. The molecule has 0 saturated carbocycles. The molecular weight excluding hydrogens is 360 g/mol. The Kier molecular flexibility index (Phi) is 4.10. The highest BCUT2D eigenvalue weighted by Crippen LogP contribution is 2.35. The zero-order chi connectivity index (χ0) is 18.2. The molecule has 0 unspecified atom stereocenters. The lowest BCUT2D eigenvalue weighted by molar-refractivity contribution is 0.248. The number of likely N-dealkylation sites (tertiary alicyclic amines) is 1. The number of fused-ring (bicyclic) bond motifs is 1. The lowest BCUT2D eigenvalue weighted by Gasteiger charge is -2.25. The van der Waals surface area contributed by atoms with E-state index in [1.807, 2.05) is 17.6 Å². The van der Waals surface area contributed by atoms with Crippen LogP contribution in [0.4, 0.5) is 0 Å². The number of hydrogen-bond acceptors (Lipinski definition) is 6. The molecule has 27 heavy (non-hydrogen) atoms. The highest BCUT2D eigenvalue weighted by Gasteiger charge is 2.26. The van der Waals surface area contributed by atoms with E-state index in [9.17, 15) is 4.79 Å². The summed E-state index contributed by atoms with van der Waals surface area (Å²) in [6.07, 6.45) is 2.38. The van der Waals surface area contributed by atoms with Crippen LogP contribution >= 0.6 is 11.3 Å². The molecule has 5 rings (SSSR count). The summed E-state index contributed by atoms with van der Waals surface area (Å²) in [5.74, 6) is -0.215. The smallest absolute Gasteiger partial charge is 0.388 e. The van der Waals surface area contributed by atoms with Gasteiger partial charge in [-0.1, -0.05) is 18.2 Å². The summed E-state index contributed by atoms with van der Waals surface area (Å²) in [5.41, 5.74) is 6.38. The molecule has 4 aromatic rings. The van der Waals surface area contributed by atoms with E-state index in [1.54, 1.807) is 11.3 Å². The Hall–Kier alpha value is -2.77. The molecule has 7 heteroatoms. The van der Waals surface area contributed by atoms with E-state index < -0.39 is 5.76 Å². The molecule has 2 aromatic carbocycles. The molecule has 2 aromatic heterocycles. The lowest BCUT2D eigenvalue weighted by Crippen LogP contribution is -2.22. The van der Waals surface area contributed by atoms with Crippen molar-refractivity contribution in [3.05, 3.63) is 69.7 Å². The van der Waals surface area contributed by atoms with Crippen molar-refractivity contribution in [2.24, 2.45) is 0 Å². The van der Waals surface area contributed by atoms with Crippen LogP contribution in [0.5, 0.6) is 0 Å². The minimum absolute atomic E-state index is 0.321. The number of hydrogen-bond donors (Lipinski definition) is 1. The molecule has 6 nitrogen and oxygen atoms in total. The van der Waals surface area contributed by atoms with Crippen molar-refractivity contribution in [2.45, 2.75) is 25.4 Å². The maximum Gasteiger partial charge on any atom is 0.434 e. The normalized spacial score (nSPS) is 17.7. The number of aromatic amines is 1. The molecule has 0 bridgehead atoms. The molecule has 1 saturated heterocycles. The minimum Gasteiger partial charge on any atom is -0.388 e. The Balaban J connectivity index is 1.35. The van der Waals surface area contributed by atoms with Crippen LogP contribution in [0, 0.1) is 0 Å². The number of aromatic nitrogens is 3. The fourth-order valence-electron chi connectivity index (χ4n) is 3.82. The second-order valence-electron chi connectivity index (χ2n) is 6.82. The third-order valence-electron chi connectivity index (χ3n) is 5.13. The van der Waals surface area contributed by atoms with Gasteiger partial charge >= 0.3 is 5.76 Å². The van der Waals surface area contributed by atoms with Gasteiger partial charge in [0.05, 0.1) is 15.7 Å². The van der Waals surface area contributed by atoms with Gasteiger partial charge in [-0.05, 0) is 54.8 Å². The van der Waals surface area contributed by atoms with Crippen LogP contribution in [0.25, 0.3) is 21.7 Å². The molecule has 3 heterocycles. The van der Waals surface area contributed by atoms with Crippen molar-refractivity contribution in [2.75, 3.05) is 6.54 Å². The number of nitrogens with one attached hydrogen (secondary N) is 1. The molecule has 1 N–H and O–H groups in total. The van der Waals surface area contributed by atoms with E-state index in [2.05, 4.69) is 50.4 Å². The fourth-order valence-corrected chi connectivity index (χ4v) is 4.47. The summed E-state index contributed by atoms with van der Waals surface area (Å²) in [5, 5.41) is 6.16. The van der Waals surface area contributed by atoms with Gasteiger partial charge in [-0.3, -0.25) is 4.90 Å². The number of H-pyrrole nitrogens is 1. The molecule has 136 valence electrons. The van der Waals surface area contributed by atoms with Crippen molar-refractivity contribution in [3.8, 4) is 11.5 Å². The SMILES string of the molecule is O=c1[nH]nc(-c2ccc(CN3CCC[C@@H]3c3ccc4scnc4c3)cc2)o1. The first kappa shape index (κ1) is 16.4. The van der Waals surface area contributed by atoms with Crippen LogP contribution in [0.2, 0.25) is 0 Å². The molecule has 0 aliphatic carbocycles. The van der Waals surface area contributed by atoms with E-state index in [0.29, 0.717) is 11.9 Å². The maximum atomic E-state index is 11.1.